The number of carbonyl (C=O) groups excluding carboxylic acids is 1. The Morgan fingerprint density at radius 3 is 1.74 bits per heavy atom. The summed E-state index contributed by atoms with van der Waals surface area (Å²) in [7, 11) is 0. The summed E-state index contributed by atoms with van der Waals surface area (Å²) in [6.07, 6.45) is 7.99. The Kier molecular flexibility index (Phi) is 8.55. The number of nitrogens with two attached hydrogens (primary N) is 1. The van der Waals surface area contributed by atoms with Crippen LogP contribution in [0.3, 0.4) is 0 Å². The predicted octanol–water partition coefficient (Wildman–Crippen LogP) is 4.93. The lowest BCUT2D eigenvalue weighted by molar-refractivity contribution is -0.166. The van der Waals surface area contributed by atoms with Gasteiger partial charge in [-0.25, -0.2) is 4.79 Å². The number of hydrogen-bond donors (Lipinski definition) is 3. The Balaban J connectivity index is 0.000000214. The third kappa shape index (κ3) is 7.11. The van der Waals surface area contributed by atoms with Gasteiger partial charge in [-0.15, -0.1) is 0 Å². The summed E-state index contributed by atoms with van der Waals surface area (Å²) in [6.45, 7) is 0. The van der Waals surface area contributed by atoms with E-state index in [0.717, 1.165) is 28.9 Å². The Bertz CT molecular complexity index is 945. The van der Waals surface area contributed by atoms with Crippen LogP contribution in [0.15, 0.2) is 60.7 Å². The van der Waals surface area contributed by atoms with Gasteiger partial charge in [-0.3, -0.25) is 4.79 Å². The minimum Gasteiger partial charge on any atom is -0.478 e. The Hall–Kier alpha value is -2.31. The zero-order valence-electron chi connectivity index (χ0n) is 20.2. The third-order valence-corrected chi connectivity index (χ3v) is 8.20. The maximum absolute atomic E-state index is 12.3. The zero-order valence-corrected chi connectivity index (χ0v) is 21.1. The van der Waals surface area contributed by atoms with Gasteiger partial charge in [-0.1, -0.05) is 60.7 Å². The molecule has 0 radical (unpaired) electrons. The summed E-state index contributed by atoms with van der Waals surface area (Å²) < 4.78 is 5.25. The summed E-state index contributed by atoms with van der Waals surface area (Å²) in [6, 6.07) is 18.6. The molecule has 0 heterocycles. The number of rotatable bonds is 8. The molecular formula is C29H37NO4S. The highest BCUT2D eigenvalue weighted by Crippen LogP contribution is 2.54. The highest BCUT2D eigenvalue weighted by atomic mass is 32.1. The maximum Gasteiger partial charge on any atom is 0.345 e. The molecule has 0 aromatic heterocycles. The van der Waals surface area contributed by atoms with Gasteiger partial charge < -0.3 is 15.6 Å². The largest absolute Gasteiger partial charge is 0.478 e. The van der Waals surface area contributed by atoms with Crippen LogP contribution in [0, 0.1) is 23.7 Å². The summed E-state index contributed by atoms with van der Waals surface area (Å²) >= 11 is 4.21. The molecular weight excluding hydrogens is 458 g/mol. The number of hydrogen-bond acceptors (Lipinski definition) is 5. The van der Waals surface area contributed by atoms with Crippen LogP contribution in [0.2, 0.25) is 0 Å². The van der Waals surface area contributed by atoms with E-state index in [1.807, 2.05) is 60.7 Å². The fourth-order valence-electron chi connectivity index (χ4n) is 6.54. The van der Waals surface area contributed by atoms with E-state index < -0.39 is 24.0 Å². The molecule has 4 saturated carbocycles. The fraction of sp³-hybridized carbons (Fsp3) is 0.517. The maximum atomic E-state index is 12.3. The van der Waals surface area contributed by atoms with Gasteiger partial charge >= 0.3 is 11.9 Å². The van der Waals surface area contributed by atoms with E-state index in [-0.39, 0.29) is 6.42 Å². The average Bonchev–Trinajstić information content (AvgIpc) is 2.82. The normalized spacial score (nSPS) is 27.9. The lowest BCUT2D eigenvalue weighted by Crippen LogP contribution is -2.55. The Labute approximate surface area is 213 Å². The molecule has 3 N–H and O–H groups in total. The standard InChI is InChI=1S/C19H20O4S.C10H17N/c20-18(21)17(12-15-9-5-2-6-10-15)23-19(22)16(13-24)11-14-7-3-1-4-8-14;11-10-4-7-1-8(5-10)3-9(2-7)6-10/h1-10,16-17,24H,11-13H2,(H,20,21);7-9H,1-6,11H2/t16-,17+;/m1./s1. The summed E-state index contributed by atoms with van der Waals surface area (Å²) in [5.41, 5.74) is 8.42. The Morgan fingerprint density at radius 2 is 1.34 bits per heavy atom. The summed E-state index contributed by atoms with van der Waals surface area (Å²) in [5.74, 6) is 1.20. The first kappa shape index (κ1) is 25.8. The van der Waals surface area contributed by atoms with Crippen LogP contribution < -0.4 is 5.73 Å². The SMILES string of the molecule is NC12CC3CC(CC(C3)C1)C2.O=C(O[C@@H](Cc1ccccc1)C(=O)O)[C@@H](CS)Cc1ccccc1. The molecule has 35 heavy (non-hydrogen) atoms. The molecule has 4 aliphatic carbocycles. The van der Waals surface area contributed by atoms with Crippen LogP contribution in [0.5, 0.6) is 0 Å². The van der Waals surface area contributed by atoms with Crippen molar-refractivity contribution in [1.29, 1.82) is 0 Å². The van der Waals surface area contributed by atoms with Gasteiger partial charge in [0.15, 0.2) is 0 Å². The zero-order chi connectivity index (χ0) is 24.8. The van der Waals surface area contributed by atoms with Gasteiger partial charge in [0.1, 0.15) is 0 Å². The molecule has 2 aromatic rings. The first-order valence-electron chi connectivity index (χ1n) is 12.7. The molecule has 6 heteroatoms. The van der Waals surface area contributed by atoms with E-state index in [1.165, 1.54) is 38.5 Å². The van der Waals surface area contributed by atoms with Gasteiger partial charge in [0.05, 0.1) is 5.92 Å². The quantitative estimate of drug-likeness (QED) is 0.357. The molecule has 0 aliphatic heterocycles. The lowest BCUT2D eigenvalue weighted by atomic mass is 9.53. The number of aliphatic carboxylic acids is 1. The first-order chi connectivity index (χ1) is 16.8. The second kappa shape index (κ2) is 11.6. The molecule has 0 saturated heterocycles. The molecule has 4 bridgehead atoms. The molecule has 188 valence electrons. The van der Waals surface area contributed by atoms with Gasteiger partial charge in [-0.05, 0) is 73.8 Å². The first-order valence-corrected chi connectivity index (χ1v) is 13.4. The molecule has 6 rings (SSSR count). The minimum atomic E-state index is -1.20. The second-order valence-electron chi connectivity index (χ2n) is 10.8. The van der Waals surface area contributed by atoms with Crippen molar-refractivity contribution in [2.24, 2.45) is 29.4 Å². The van der Waals surface area contributed by atoms with Crippen molar-refractivity contribution >= 4 is 24.6 Å². The minimum absolute atomic E-state index is 0.145. The number of carbonyl (C=O) groups is 2. The van der Waals surface area contributed by atoms with Crippen molar-refractivity contribution in [1.82, 2.24) is 0 Å². The molecule has 5 nitrogen and oxygen atoms in total. The molecule has 0 amide bonds. The van der Waals surface area contributed by atoms with Crippen molar-refractivity contribution in [3.05, 3.63) is 71.8 Å². The number of thiol groups is 1. The van der Waals surface area contributed by atoms with Crippen LogP contribution in [-0.4, -0.2) is 34.4 Å². The van der Waals surface area contributed by atoms with Crippen molar-refractivity contribution < 1.29 is 19.4 Å². The van der Waals surface area contributed by atoms with Crippen LogP contribution in [0.1, 0.15) is 49.7 Å². The highest BCUT2D eigenvalue weighted by Gasteiger charge is 2.48. The van der Waals surface area contributed by atoms with Crippen LogP contribution in [0.4, 0.5) is 0 Å². The topological polar surface area (TPSA) is 89.6 Å². The molecule has 4 fully saturated rings. The van der Waals surface area contributed by atoms with E-state index in [0.29, 0.717) is 17.7 Å². The average molecular weight is 496 g/mol. The van der Waals surface area contributed by atoms with E-state index >= 15 is 0 Å². The molecule has 2 aromatic carbocycles. The van der Waals surface area contributed by atoms with Crippen LogP contribution in [-0.2, 0) is 27.2 Å². The van der Waals surface area contributed by atoms with E-state index in [4.69, 9.17) is 10.5 Å². The van der Waals surface area contributed by atoms with Crippen molar-refractivity contribution in [3.8, 4) is 0 Å². The van der Waals surface area contributed by atoms with Gasteiger partial charge in [0.25, 0.3) is 0 Å². The summed E-state index contributed by atoms with van der Waals surface area (Å²) in [5, 5.41) is 9.33. The van der Waals surface area contributed by atoms with Crippen molar-refractivity contribution in [3.63, 3.8) is 0 Å². The predicted molar refractivity (Wildman–Crippen MR) is 140 cm³/mol. The second-order valence-corrected chi connectivity index (χ2v) is 11.2. The smallest absolute Gasteiger partial charge is 0.345 e. The van der Waals surface area contributed by atoms with Crippen molar-refractivity contribution in [2.45, 2.75) is 63.0 Å². The van der Waals surface area contributed by atoms with Gasteiger partial charge in [-0.2, -0.15) is 12.6 Å². The number of ether oxygens (including phenoxy) is 1. The van der Waals surface area contributed by atoms with Crippen molar-refractivity contribution in [2.75, 3.05) is 5.75 Å². The molecule has 0 spiro atoms. The molecule has 4 aliphatic rings. The van der Waals surface area contributed by atoms with E-state index in [1.54, 1.807) is 0 Å². The summed E-state index contributed by atoms with van der Waals surface area (Å²) in [4.78, 5) is 23.8. The van der Waals surface area contributed by atoms with E-state index in [2.05, 4.69) is 12.6 Å². The van der Waals surface area contributed by atoms with Crippen LogP contribution in [0.25, 0.3) is 0 Å². The van der Waals surface area contributed by atoms with E-state index in [9.17, 15) is 14.7 Å². The fourth-order valence-corrected chi connectivity index (χ4v) is 6.82. The third-order valence-electron chi connectivity index (χ3n) is 7.76. The molecule has 0 unspecified atom stereocenters. The van der Waals surface area contributed by atoms with Gasteiger partial charge in [0, 0.05) is 17.7 Å². The monoisotopic (exact) mass is 495 g/mol. The lowest BCUT2D eigenvalue weighted by Gasteiger charge is -2.55. The number of esters is 1. The molecule has 2 atom stereocenters. The Morgan fingerprint density at radius 1 is 0.886 bits per heavy atom. The number of carboxylic acids is 1. The van der Waals surface area contributed by atoms with Gasteiger partial charge in [0.2, 0.25) is 6.10 Å². The number of benzene rings is 2. The highest BCUT2D eigenvalue weighted by molar-refractivity contribution is 7.80. The number of carboxylic acid groups (broad SMARTS) is 1. The van der Waals surface area contributed by atoms with Crippen LogP contribution >= 0.6 is 12.6 Å².